The predicted octanol–water partition coefficient (Wildman–Crippen LogP) is 3.86. The Hall–Kier alpha value is -2.71. The molecule has 8 heteroatoms. The van der Waals surface area contributed by atoms with Gasteiger partial charge in [-0.3, -0.25) is 9.69 Å². The van der Waals surface area contributed by atoms with E-state index >= 15 is 0 Å². The van der Waals surface area contributed by atoms with Gasteiger partial charge in [0.1, 0.15) is 5.69 Å². The Morgan fingerprint density at radius 1 is 1.06 bits per heavy atom. The van der Waals surface area contributed by atoms with Gasteiger partial charge in [0.05, 0.1) is 12.2 Å². The van der Waals surface area contributed by atoms with Crippen LogP contribution < -0.4 is 4.90 Å². The van der Waals surface area contributed by atoms with Gasteiger partial charge >= 0.3 is 6.03 Å². The highest BCUT2D eigenvalue weighted by Gasteiger charge is 2.44. The van der Waals surface area contributed by atoms with Gasteiger partial charge in [-0.25, -0.2) is 4.79 Å². The smallest absolute Gasteiger partial charge is 0.344 e. The Balaban J connectivity index is 1.15. The highest BCUT2D eigenvalue weighted by Crippen LogP contribution is 2.41. The number of likely N-dealkylation sites (tertiary alicyclic amines) is 2. The zero-order valence-electron chi connectivity index (χ0n) is 21.5. The highest BCUT2D eigenvalue weighted by molar-refractivity contribution is 5.92. The summed E-state index contributed by atoms with van der Waals surface area (Å²) in [5.74, 6) is -0.124. The minimum atomic E-state index is -0.135. The molecule has 2 atom stereocenters. The molecular formula is C28H37N5O3. The molecule has 8 nitrogen and oxygen atoms in total. The minimum Gasteiger partial charge on any atom is -0.371 e. The summed E-state index contributed by atoms with van der Waals surface area (Å²) in [4.78, 5) is 31.7. The number of aryl methyl sites for hydroxylation is 1. The van der Waals surface area contributed by atoms with E-state index < -0.39 is 0 Å². The number of aromatic nitrogens is 2. The lowest BCUT2D eigenvalue weighted by atomic mass is 9.84. The van der Waals surface area contributed by atoms with E-state index in [4.69, 9.17) is 4.74 Å². The topological polar surface area (TPSA) is 70.9 Å². The van der Waals surface area contributed by atoms with Gasteiger partial charge in [-0.2, -0.15) is 9.78 Å². The number of anilines is 1. The SMILES string of the molecule is CC(=O)c1ccn(C(=O)N2CCC3(CCCN3Cc3ccc(C)cc3N3CC4CCC(C3)O4)CC2)n1. The third kappa shape index (κ3) is 4.34. The molecule has 5 heterocycles. The number of amides is 1. The predicted molar refractivity (Wildman–Crippen MR) is 137 cm³/mol. The van der Waals surface area contributed by atoms with Crippen LogP contribution in [0.2, 0.25) is 0 Å². The normalized spacial score (nSPS) is 25.6. The monoisotopic (exact) mass is 491 g/mol. The van der Waals surface area contributed by atoms with Crippen molar-refractivity contribution in [2.75, 3.05) is 37.6 Å². The summed E-state index contributed by atoms with van der Waals surface area (Å²) < 4.78 is 7.42. The van der Waals surface area contributed by atoms with E-state index in [9.17, 15) is 9.59 Å². The van der Waals surface area contributed by atoms with Gasteiger partial charge in [-0.15, -0.1) is 0 Å². The van der Waals surface area contributed by atoms with E-state index in [0.29, 0.717) is 17.9 Å². The molecule has 4 saturated heterocycles. The molecule has 0 N–H and O–H groups in total. The van der Waals surface area contributed by atoms with Crippen molar-refractivity contribution >= 4 is 17.5 Å². The molecular weight excluding hydrogens is 454 g/mol. The average Bonchev–Trinajstić information content (AvgIpc) is 3.60. The van der Waals surface area contributed by atoms with E-state index in [2.05, 4.69) is 40.0 Å². The van der Waals surface area contributed by atoms with Crippen LogP contribution in [0.3, 0.4) is 0 Å². The summed E-state index contributed by atoms with van der Waals surface area (Å²) in [7, 11) is 0. The fourth-order valence-corrected chi connectivity index (χ4v) is 6.80. The number of benzene rings is 1. The zero-order chi connectivity index (χ0) is 24.9. The minimum absolute atomic E-state index is 0.124. The zero-order valence-corrected chi connectivity index (χ0v) is 21.5. The number of carbonyl (C=O) groups is 2. The van der Waals surface area contributed by atoms with Crippen LogP contribution >= 0.6 is 0 Å². The van der Waals surface area contributed by atoms with Crippen molar-refractivity contribution in [3.8, 4) is 0 Å². The summed E-state index contributed by atoms with van der Waals surface area (Å²) in [6, 6.07) is 8.42. The fraction of sp³-hybridized carbons (Fsp3) is 0.607. The van der Waals surface area contributed by atoms with Crippen molar-refractivity contribution < 1.29 is 14.3 Å². The number of nitrogens with zero attached hydrogens (tertiary/aromatic N) is 5. The maximum absolute atomic E-state index is 13.0. The van der Waals surface area contributed by atoms with Gasteiger partial charge in [-0.05, 0) is 75.3 Å². The van der Waals surface area contributed by atoms with Crippen LogP contribution in [0.1, 0.15) is 67.1 Å². The van der Waals surface area contributed by atoms with E-state index in [1.165, 1.54) is 54.1 Å². The molecule has 1 aromatic carbocycles. The lowest BCUT2D eigenvalue weighted by Gasteiger charge is -2.45. The molecule has 2 aromatic rings. The average molecular weight is 492 g/mol. The second-order valence-electron chi connectivity index (χ2n) is 11.2. The van der Waals surface area contributed by atoms with Crippen LogP contribution in [0.5, 0.6) is 0 Å². The third-order valence-corrected chi connectivity index (χ3v) is 8.84. The number of Topliss-reactive ketones (excluding diaryl/α,β-unsaturated/α-hetero) is 1. The van der Waals surface area contributed by atoms with E-state index in [0.717, 1.165) is 52.1 Å². The number of hydrogen-bond donors (Lipinski definition) is 0. The first-order chi connectivity index (χ1) is 17.4. The number of morpholine rings is 1. The molecule has 1 amide bonds. The number of ketones is 1. The van der Waals surface area contributed by atoms with Crippen LogP contribution in [0, 0.1) is 6.92 Å². The Morgan fingerprint density at radius 3 is 2.50 bits per heavy atom. The van der Waals surface area contributed by atoms with Gasteiger partial charge in [0.15, 0.2) is 5.78 Å². The number of rotatable bonds is 4. The van der Waals surface area contributed by atoms with Crippen LogP contribution in [0.25, 0.3) is 0 Å². The van der Waals surface area contributed by atoms with Crippen LogP contribution in [0.15, 0.2) is 30.5 Å². The molecule has 0 radical (unpaired) electrons. The Morgan fingerprint density at radius 2 is 1.81 bits per heavy atom. The van der Waals surface area contributed by atoms with Gasteiger partial charge in [0.25, 0.3) is 0 Å². The Labute approximate surface area is 213 Å². The number of fused-ring (bicyclic) bond motifs is 2. The Kier molecular flexibility index (Phi) is 6.12. The second-order valence-corrected chi connectivity index (χ2v) is 11.2. The number of carbonyl (C=O) groups excluding carboxylic acids is 2. The first-order valence-electron chi connectivity index (χ1n) is 13.5. The number of piperidine rings is 1. The van der Waals surface area contributed by atoms with Gasteiger partial charge in [0, 0.05) is 57.1 Å². The van der Waals surface area contributed by atoms with Crippen LogP contribution in [0.4, 0.5) is 10.5 Å². The molecule has 6 rings (SSSR count). The van der Waals surface area contributed by atoms with Crippen molar-refractivity contribution in [2.45, 2.75) is 76.7 Å². The highest BCUT2D eigenvalue weighted by atomic mass is 16.5. The molecule has 1 spiro atoms. The number of hydrogen-bond acceptors (Lipinski definition) is 6. The summed E-state index contributed by atoms with van der Waals surface area (Å²) >= 11 is 0. The molecule has 4 aliphatic rings. The third-order valence-electron chi connectivity index (χ3n) is 8.84. The van der Waals surface area contributed by atoms with Crippen molar-refractivity contribution in [1.29, 1.82) is 0 Å². The van der Waals surface area contributed by atoms with Crippen molar-refractivity contribution in [3.05, 3.63) is 47.3 Å². The molecule has 192 valence electrons. The standard InChI is InChI=1S/C28H37N5O3/c1-20-4-5-22(26(16-20)31-18-23-6-7-24(19-31)36-23)17-32-12-3-9-28(32)10-14-30(15-11-28)27(35)33-13-8-25(29-33)21(2)34/h4-5,8,13,16,23-24H,3,6-7,9-12,14-15,17-19H2,1-2H3. The lowest BCUT2D eigenvalue weighted by Crippen LogP contribution is -2.53. The quantitative estimate of drug-likeness (QED) is 0.605. The molecule has 4 fully saturated rings. The lowest BCUT2D eigenvalue weighted by molar-refractivity contribution is 0.0301. The molecule has 4 aliphatic heterocycles. The van der Waals surface area contributed by atoms with E-state index in [1.54, 1.807) is 12.3 Å². The summed E-state index contributed by atoms with van der Waals surface area (Å²) in [6.45, 7) is 9.15. The molecule has 1 aromatic heterocycles. The van der Waals surface area contributed by atoms with Crippen molar-refractivity contribution in [2.24, 2.45) is 0 Å². The molecule has 2 unspecified atom stereocenters. The number of ether oxygens (including phenoxy) is 1. The van der Waals surface area contributed by atoms with Crippen LogP contribution in [-0.4, -0.2) is 81.9 Å². The van der Waals surface area contributed by atoms with Crippen LogP contribution in [-0.2, 0) is 11.3 Å². The first kappa shape index (κ1) is 23.7. The van der Waals surface area contributed by atoms with Crippen molar-refractivity contribution in [1.82, 2.24) is 19.6 Å². The van der Waals surface area contributed by atoms with Crippen molar-refractivity contribution in [3.63, 3.8) is 0 Å². The molecule has 0 aliphatic carbocycles. The molecule has 36 heavy (non-hydrogen) atoms. The maximum atomic E-state index is 13.0. The molecule has 0 saturated carbocycles. The largest absolute Gasteiger partial charge is 0.371 e. The van der Waals surface area contributed by atoms with Gasteiger partial charge in [-0.1, -0.05) is 12.1 Å². The summed E-state index contributed by atoms with van der Waals surface area (Å²) in [6.07, 6.45) is 9.05. The maximum Gasteiger partial charge on any atom is 0.344 e. The molecule has 2 bridgehead atoms. The van der Waals surface area contributed by atoms with Gasteiger partial charge < -0.3 is 14.5 Å². The fourth-order valence-electron chi connectivity index (χ4n) is 6.80. The van der Waals surface area contributed by atoms with E-state index in [1.807, 2.05) is 4.90 Å². The summed E-state index contributed by atoms with van der Waals surface area (Å²) in [5.41, 5.74) is 4.58. The Bertz CT molecular complexity index is 1140. The van der Waals surface area contributed by atoms with Gasteiger partial charge in [0.2, 0.25) is 0 Å². The van der Waals surface area contributed by atoms with E-state index in [-0.39, 0.29) is 17.4 Å². The second kappa shape index (κ2) is 9.30. The summed E-state index contributed by atoms with van der Waals surface area (Å²) in [5, 5.41) is 4.17. The first-order valence-corrected chi connectivity index (χ1v) is 13.5.